The average molecular weight is 445 g/mol. The fourth-order valence-electron chi connectivity index (χ4n) is 4.01. The zero-order valence-corrected chi connectivity index (χ0v) is 19.5. The zero-order chi connectivity index (χ0) is 23.6. The third-order valence-electron chi connectivity index (χ3n) is 5.97. The van der Waals surface area contributed by atoms with Crippen LogP contribution in [-0.4, -0.2) is 32.1 Å². The number of aromatic nitrogens is 4. The Labute approximate surface area is 195 Å². The van der Waals surface area contributed by atoms with Gasteiger partial charge in [0.15, 0.2) is 0 Å². The van der Waals surface area contributed by atoms with Crippen LogP contribution in [0.25, 0.3) is 11.1 Å². The highest BCUT2D eigenvalue weighted by Crippen LogP contribution is 2.35. The van der Waals surface area contributed by atoms with Crippen molar-refractivity contribution in [3.05, 3.63) is 78.7 Å². The number of nitrogens with one attached hydrogen (secondary N) is 1. The van der Waals surface area contributed by atoms with E-state index in [9.17, 15) is 0 Å². The molecule has 0 bridgehead atoms. The summed E-state index contributed by atoms with van der Waals surface area (Å²) in [7, 11) is 0. The number of hydrogen-bond donors (Lipinski definition) is 3. The molecule has 3 heterocycles. The number of rotatable bonds is 7. The van der Waals surface area contributed by atoms with E-state index in [2.05, 4.69) is 57.2 Å². The van der Waals surface area contributed by atoms with Gasteiger partial charge >= 0.3 is 0 Å². The maximum absolute atomic E-state index is 5.99. The van der Waals surface area contributed by atoms with Crippen LogP contribution >= 0.6 is 0 Å². The van der Waals surface area contributed by atoms with E-state index in [1.165, 1.54) is 11.3 Å². The van der Waals surface area contributed by atoms with Gasteiger partial charge in [0.2, 0.25) is 0 Å². The van der Waals surface area contributed by atoms with E-state index in [1.54, 1.807) is 12.4 Å². The number of benzene rings is 1. The Morgan fingerprint density at radius 3 is 2.70 bits per heavy atom. The second-order valence-electron chi connectivity index (χ2n) is 9.27. The average Bonchev–Trinajstić information content (AvgIpc) is 3.41. The molecule has 172 valence electrons. The first-order chi connectivity index (χ1) is 15.7. The Bertz CT molecular complexity index is 1140. The van der Waals surface area contributed by atoms with Gasteiger partial charge in [-0.25, -0.2) is 4.98 Å². The van der Waals surface area contributed by atoms with E-state index in [1.807, 2.05) is 43.1 Å². The summed E-state index contributed by atoms with van der Waals surface area (Å²) in [5.41, 5.74) is 17.7. The van der Waals surface area contributed by atoms with Crippen LogP contribution in [0.5, 0.6) is 0 Å². The first-order valence-corrected chi connectivity index (χ1v) is 11.1. The highest BCUT2D eigenvalue weighted by Gasteiger charge is 2.27. The number of pyridine rings is 1. The largest absolute Gasteiger partial charge is 0.399 e. The third-order valence-corrected chi connectivity index (χ3v) is 5.97. The molecule has 2 aromatic heterocycles. The monoisotopic (exact) mass is 444 g/mol. The van der Waals surface area contributed by atoms with Crippen LogP contribution in [-0.2, 0) is 6.54 Å². The lowest BCUT2D eigenvalue weighted by Crippen LogP contribution is -2.38. The molecule has 1 saturated heterocycles. The molecule has 0 radical (unpaired) electrons. The van der Waals surface area contributed by atoms with Crippen molar-refractivity contribution in [3.63, 3.8) is 0 Å². The molecule has 1 aliphatic heterocycles. The maximum atomic E-state index is 5.99. The van der Waals surface area contributed by atoms with Crippen LogP contribution in [0, 0.1) is 12.8 Å². The van der Waals surface area contributed by atoms with E-state index < -0.39 is 5.54 Å². The first kappa shape index (κ1) is 22.5. The fraction of sp³-hybridized carbons (Fsp3) is 0.320. The van der Waals surface area contributed by atoms with E-state index in [4.69, 9.17) is 11.5 Å². The summed E-state index contributed by atoms with van der Waals surface area (Å²) in [6, 6.07) is 10.5. The van der Waals surface area contributed by atoms with Crippen LogP contribution in [0.4, 0.5) is 11.5 Å². The van der Waals surface area contributed by atoms with Crippen molar-refractivity contribution in [2.75, 3.05) is 16.8 Å². The van der Waals surface area contributed by atoms with Gasteiger partial charge in [0, 0.05) is 60.2 Å². The number of anilines is 2. The Kier molecular flexibility index (Phi) is 6.20. The number of allylic oxidation sites excluding steroid dienone is 1. The number of nitrogens with zero attached hydrogens (tertiary/aromatic N) is 5. The number of nitrogens with two attached hydrogens (primary N) is 2. The summed E-state index contributed by atoms with van der Waals surface area (Å²) < 4.78 is 1.89. The molecular weight excluding hydrogens is 412 g/mol. The van der Waals surface area contributed by atoms with Crippen molar-refractivity contribution in [1.82, 2.24) is 20.0 Å². The van der Waals surface area contributed by atoms with Crippen molar-refractivity contribution < 1.29 is 0 Å². The van der Waals surface area contributed by atoms with Crippen molar-refractivity contribution in [2.45, 2.75) is 39.3 Å². The van der Waals surface area contributed by atoms with Gasteiger partial charge in [-0.1, -0.05) is 17.9 Å². The number of hydrogen-bond acceptors (Lipinski definition) is 7. The Morgan fingerprint density at radius 1 is 1.27 bits per heavy atom. The van der Waals surface area contributed by atoms with Gasteiger partial charge in [-0.05, 0) is 62.6 Å². The third kappa shape index (κ3) is 5.23. The van der Waals surface area contributed by atoms with E-state index in [0.717, 1.165) is 36.3 Å². The summed E-state index contributed by atoms with van der Waals surface area (Å²) >= 11 is 0. The molecule has 0 amide bonds. The molecule has 1 fully saturated rings. The number of aryl methyl sites for hydroxylation is 1. The predicted molar refractivity (Wildman–Crippen MR) is 133 cm³/mol. The lowest BCUT2D eigenvalue weighted by atomic mass is 10.0. The lowest BCUT2D eigenvalue weighted by molar-refractivity contribution is 0.447. The summed E-state index contributed by atoms with van der Waals surface area (Å²) in [6.45, 7) is 11.9. The molecule has 1 aliphatic rings. The Hall–Kier alpha value is -3.65. The maximum Gasteiger partial charge on any atom is 0.129 e. The van der Waals surface area contributed by atoms with E-state index in [0.29, 0.717) is 17.4 Å². The molecule has 1 atom stereocenters. The van der Waals surface area contributed by atoms with Crippen LogP contribution < -0.4 is 21.7 Å². The normalized spacial score (nSPS) is 17.0. The van der Waals surface area contributed by atoms with Gasteiger partial charge in [0.25, 0.3) is 0 Å². The molecule has 0 spiro atoms. The molecule has 0 saturated carbocycles. The van der Waals surface area contributed by atoms with E-state index in [-0.39, 0.29) is 0 Å². The molecule has 8 heteroatoms. The molecule has 33 heavy (non-hydrogen) atoms. The zero-order valence-electron chi connectivity index (χ0n) is 19.5. The minimum absolute atomic E-state index is 0.468. The van der Waals surface area contributed by atoms with E-state index >= 15 is 0 Å². The minimum Gasteiger partial charge on any atom is -0.399 e. The topological polar surface area (TPSA) is 111 Å². The smallest absolute Gasteiger partial charge is 0.129 e. The molecule has 5 N–H and O–H groups in total. The summed E-state index contributed by atoms with van der Waals surface area (Å²) in [5, 5.41) is 11.1. The Balaban J connectivity index is 1.45. The molecule has 1 aromatic carbocycles. The Morgan fingerprint density at radius 2 is 2.06 bits per heavy atom. The molecular formula is C25H32N8. The van der Waals surface area contributed by atoms with Gasteiger partial charge in [0.1, 0.15) is 5.82 Å². The van der Waals surface area contributed by atoms with Crippen molar-refractivity contribution in [1.29, 1.82) is 0 Å². The van der Waals surface area contributed by atoms with Crippen LogP contribution in [0.15, 0.2) is 73.1 Å². The summed E-state index contributed by atoms with van der Waals surface area (Å²) in [6.07, 6.45) is 8.14. The van der Waals surface area contributed by atoms with Crippen molar-refractivity contribution in [2.24, 2.45) is 17.4 Å². The SMILES string of the molecule is C=C1CC(Cn2ccnn2)CN1c1ccc(-c2ccc(N/C=C(\N)C(C)(C)N)nc2)cc1C. The molecule has 8 nitrogen and oxygen atoms in total. The minimum atomic E-state index is -0.580. The fourth-order valence-corrected chi connectivity index (χ4v) is 4.01. The van der Waals surface area contributed by atoms with Crippen LogP contribution in [0.3, 0.4) is 0 Å². The molecule has 4 rings (SSSR count). The van der Waals surface area contributed by atoms with Crippen LogP contribution in [0.1, 0.15) is 25.8 Å². The standard InChI is InChI=1S/C25H32N8/c1-17-11-20(21-6-8-24(28-13-21)29-14-23(26)25(3,4)27)5-7-22(17)33-16-19(12-18(33)2)15-32-10-9-30-31-32/h5-11,13-14,19H,2,12,15-16,26-27H2,1,3-4H3,(H,28,29)/b23-14-. The van der Waals surface area contributed by atoms with Gasteiger partial charge in [-0.15, -0.1) is 5.10 Å². The lowest BCUT2D eigenvalue weighted by Gasteiger charge is -2.23. The molecule has 3 aromatic rings. The predicted octanol–water partition coefficient (Wildman–Crippen LogP) is 3.64. The quantitative estimate of drug-likeness (QED) is 0.510. The molecule has 0 aliphatic carbocycles. The first-order valence-electron chi connectivity index (χ1n) is 11.1. The van der Waals surface area contributed by atoms with Gasteiger partial charge in [0.05, 0.1) is 11.7 Å². The van der Waals surface area contributed by atoms with Gasteiger partial charge in [-0.3, -0.25) is 4.68 Å². The highest BCUT2D eigenvalue weighted by atomic mass is 15.4. The summed E-state index contributed by atoms with van der Waals surface area (Å²) in [4.78, 5) is 6.83. The second-order valence-corrected chi connectivity index (χ2v) is 9.27. The van der Waals surface area contributed by atoms with Crippen LogP contribution in [0.2, 0.25) is 0 Å². The summed E-state index contributed by atoms with van der Waals surface area (Å²) in [5.74, 6) is 1.18. The van der Waals surface area contributed by atoms with Gasteiger partial charge < -0.3 is 21.7 Å². The second kappa shape index (κ2) is 9.07. The highest BCUT2D eigenvalue weighted by molar-refractivity contribution is 5.70. The van der Waals surface area contributed by atoms with Gasteiger partial charge in [-0.2, -0.15) is 0 Å². The van der Waals surface area contributed by atoms with Crippen molar-refractivity contribution >= 4 is 11.5 Å². The molecule has 1 unspecified atom stereocenters. The van der Waals surface area contributed by atoms with Crippen molar-refractivity contribution in [3.8, 4) is 11.1 Å².